The summed E-state index contributed by atoms with van der Waals surface area (Å²) in [7, 11) is 1.57. The Labute approximate surface area is 217 Å². The zero-order valence-electron chi connectivity index (χ0n) is 19.5. The van der Waals surface area contributed by atoms with Crippen LogP contribution in [0.5, 0.6) is 5.75 Å². The van der Waals surface area contributed by atoms with Crippen molar-refractivity contribution >= 4 is 51.6 Å². The molecule has 2 unspecified atom stereocenters. The van der Waals surface area contributed by atoms with Gasteiger partial charge in [-0.25, -0.2) is 9.37 Å². The molecule has 3 aromatic rings. The van der Waals surface area contributed by atoms with E-state index in [1.807, 2.05) is 5.38 Å². The average Bonchev–Trinajstić information content (AvgIpc) is 3.36. The third-order valence-corrected chi connectivity index (χ3v) is 8.87. The highest BCUT2D eigenvalue weighted by atomic mass is 35.5. The Morgan fingerprint density at radius 2 is 2.26 bits per heavy atom. The third-order valence-electron chi connectivity index (χ3n) is 6.63. The van der Waals surface area contributed by atoms with Gasteiger partial charge in [-0.1, -0.05) is 23.4 Å². The SMILES string of the molecule is COc1ccc2ncc(Cl)c([C@H](F)CCC3CCN(CCSc4nccs4)CC3CC(=O)O)c2c1. The van der Waals surface area contributed by atoms with Crippen molar-refractivity contribution in [1.29, 1.82) is 0 Å². The molecule has 2 aromatic heterocycles. The summed E-state index contributed by atoms with van der Waals surface area (Å²) >= 11 is 9.74. The molecular weight excluding hydrogens is 509 g/mol. The van der Waals surface area contributed by atoms with Crippen LogP contribution in [0, 0.1) is 11.8 Å². The van der Waals surface area contributed by atoms with E-state index in [1.165, 1.54) is 6.20 Å². The van der Waals surface area contributed by atoms with E-state index in [0.29, 0.717) is 33.7 Å². The summed E-state index contributed by atoms with van der Waals surface area (Å²) < 4.78 is 22.0. The third kappa shape index (κ3) is 6.84. The molecule has 0 radical (unpaired) electrons. The van der Waals surface area contributed by atoms with Crippen LogP contribution >= 0.6 is 34.7 Å². The largest absolute Gasteiger partial charge is 0.497 e. The lowest BCUT2D eigenvalue weighted by atomic mass is 9.79. The summed E-state index contributed by atoms with van der Waals surface area (Å²) in [6.07, 6.45) is 3.91. The lowest BCUT2D eigenvalue weighted by molar-refractivity contribution is -0.139. The topological polar surface area (TPSA) is 75.5 Å². The summed E-state index contributed by atoms with van der Waals surface area (Å²) in [5.41, 5.74) is 1.10. The lowest BCUT2D eigenvalue weighted by Crippen LogP contribution is -2.42. The van der Waals surface area contributed by atoms with Gasteiger partial charge in [0.2, 0.25) is 0 Å². The van der Waals surface area contributed by atoms with Crippen LogP contribution in [-0.4, -0.2) is 58.4 Å². The first-order valence-corrected chi connectivity index (χ1v) is 13.9. The van der Waals surface area contributed by atoms with Crippen LogP contribution in [0.2, 0.25) is 5.02 Å². The van der Waals surface area contributed by atoms with E-state index in [-0.39, 0.29) is 24.7 Å². The van der Waals surface area contributed by atoms with Gasteiger partial charge in [-0.2, -0.15) is 0 Å². The molecule has 0 saturated carbocycles. The maximum absolute atomic E-state index is 15.6. The number of thiazole rings is 1. The number of ether oxygens (including phenoxy) is 1. The van der Waals surface area contributed by atoms with Crippen LogP contribution in [0.15, 0.2) is 40.3 Å². The molecule has 0 spiro atoms. The van der Waals surface area contributed by atoms with Crippen molar-refractivity contribution in [2.45, 2.75) is 36.2 Å². The van der Waals surface area contributed by atoms with Gasteiger partial charge >= 0.3 is 5.97 Å². The molecule has 3 heterocycles. The molecule has 3 atom stereocenters. The number of nitrogens with zero attached hydrogens (tertiary/aromatic N) is 3. The first kappa shape index (κ1) is 26.1. The predicted molar refractivity (Wildman–Crippen MR) is 140 cm³/mol. The number of carbonyl (C=O) groups is 1. The molecule has 188 valence electrons. The van der Waals surface area contributed by atoms with Crippen molar-refractivity contribution in [1.82, 2.24) is 14.9 Å². The molecule has 1 fully saturated rings. The van der Waals surface area contributed by atoms with Crippen LogP contribution in [0.25, 0.3) is 10.9 Å². The Balaban J connectivity index is 1.39. The van der Waals surface area contributed by atoms with Gasteiger partial charge in [-0.3, -0.25) is 9.78 Å². The molecule has 0 amide bonds. The minimum absolute atomic E-state index is 0.00284. The summed E-state index contributed by atoms with van der Waals surface area (Å²) in [5, 5.41) is 12.4. The van der Waals surface area contributed by atoms with Crippen LogP contribution in [0.4, 0.5) is 4.39 Å². The highest BCUT2D eigenvalue weighted by Gasteiger charge is 2.31. The average molecular weight is 538 g/mol. The molecule has 10 heteroatoms. The Bertz CT molecular complexity index is 1130. The van der Waals surface area contributed by atoms with E-state index < -0.39 is 12.1 Å². The number of carboxylic acid groups (broad SMARTS) is 1. The Kier molecular flexibility index (Phi) is 9.21. The minimum Gasteiger partial charge on any atom is -0.497 e. The number of methoxy groups -OCH3 is 1. The number of aromatic nitrogens is 2. The van der Waals surface area contributed by atoms with E-state index in [0.717, 1.165) is 36.1 Å². The van der Waals surface area contributed by atoms with Crippen molar-refractivity contribution in [3.8, 4) is 5.75 Å². The van der Waals surface area contributed by atoms with Gasteiger partial charge in [0.25, 0.3) is 0 Å². The van der Waals surface area contributed by atoms with Crippen molar-refractivity contribution in [2.24, 2.45) is 11.8 Å². The number of fused-ring (bicyclic) bond motifs is 1. The van der Waals surface area contributed by atoms with Crippen molar-refractivity contribution in [3.63, 3.8) is 0 Å². The van der Waals surface area contributed by atoms with Crippen molar-refractivity contribution in [2.75, 3.05) is 32.5 Å². The van der Waals surface area contributed by atoms with Gasteiger partial charge in [0.05, 0.1) is 17.6 Å². The van der Waals surface area contributed by atoms with E-state index in [1.54, 1.807) is 54.6 Å². The van der Waals surface area contributed by atoms with Gasteiger partial charge in [0, 0.05) is 54.0 Å². The van der Waals surface area contributed by atoms with E-state index in [2.05, 4.69) is 14.9 Å². The molecular formula is C25H29ClFN3O3S2. The summed E-state index contributed by atoms with van der Waals surface area (Å²) in [4.78, 5) is 22.5. The second-order valence-electron chi connectivity index (χ2n) is 8.80. The number of hydrogen-bond donors (Lipinski definition) is 1. The van der Waals surface area contributed by atoms with Crippen molar-refractivity contribution < 1.29 is 19.0 Å². The Morgan fingerprint density at radius 1 is 1.40 bits per heavy atom. The van der Waals surface area contributed by atoms with Gasteiger partial charge < -0.3 is 14.7 Å². The lowest BCUT2D eigenvalue weighted by Gasteiger charge is -2.38. The van der Waals surface area contributed by atoms with E-state index in [4.69, 9.17) is 16.3 Å². The number of benzene rings is 1. The number of alkyl halides is 1. The number of thioether (sulfide) groups is 1. The molecule has 6 nitrogen and oxygen atoms in total. The first-order chi connectivity index (χ1) is 16.9. The highest BCUT2D eigenvalue weighted by molar-refractivity contribution is 8.01. The van der Waals surface area contributed by atoms with Gasteiger partial charge in [0.15, 0.2) is 0 Å². The van der Waals surface area contributed by atoms with Gasteiger partial charge in [0.1, 0.15) is 16.3 Å². The van der Waals surface area contributed by atoms with Crippen LogP contribution < -0.4 is 4.74 Å². The fourth-order valence-electron chi connectivity index (χ4n) is 4.86. The predicted octanol–water partition coefficient (Wildman–Crippen LogP) is 6.35. The maximum atomic E-state index is 15.6. The number of pyridine rings is 1. The number of aliphatic carboxylic acids is 1. The van der Waals surface area contributed by atoms with E-state index >= 15 is 4.39 Å². The van der Waals surface area contributed by atoms with Gasteiger partial charge in [-0.15, -0.1) is 11.3 Å². The summed E-state index contributed by atoms with van der Waals surface area (Å²) in [6, 6.07) is 5.36. The molecule has 1 aliphatic rings. The molecule has 1 aromatic carbocycles. The molecule has 1 N–H and O–H groups in total. The van der Waals surface area contributed by atoms with Crippen molar-refractivity contribution in [3.05, 3.63) is 46.6 Å². The second kappa shape index (κ2) is 12.3. The standard InChI is InChI=1S/C25H29ClFN3O3S2/c1-33-18-3-5-22-19(13-18)24(20(26)14-29-22)21(27)4-2-16-6-8-30(15-17(16)12-23(31)32)9-11-35-25-28-7-10-34-25/h3,5,7,10,13-14,16-17,21H,2,4,6,8-9,11-12,15H2,1H3,(H,31,32)/t16?,17?,21-/m1/s1. The molecule has 0 aliphatic carbocycles. The fourth-order valence-corrected chi connectivity index (χ4v) is 6.83. The van der Waals surface area contributed by atoms with Crippen LogP contribution in [0.1, 0.15) is 37.4 Å². The monoisotopic (exact) mass is 537 g/mol. The molecule has 4 rings (SSSR count). The highest BCUT2D eigenvalue weighted by Crippen LogP contribution is 2.39. The van der Waals surface area contributed by atoms with Crippen LogP contribution in [-0.2, 0) is 4.79 Å². The quantitative estimate of drug-likeness (QED) is 0.286. The van der Waals surface area contributed by atoms with E-state index in [9.17, 15) is 9.90 Å². The maximum Gasteiger partial charge on any atom is 0.303 e. The number of hydrogen-bond acceptors (Lipinski definition) is 7. The minimum atomic E-state index is -1.27. The van der Waals surface area contributed by atoms with Gasteiger partial charge in [-0.05, 0) is 55.8 Å². The second-order valence-corrected chi connectivity index (χ2v) is 11.4. The molecule has 1 aliphatic heterocycles. The normalized spacial score (nSPS) is 19.6. The zero-order valence-corrected chi connectivity index (χ0v) is 21.9. The molecule has 35 heavy (non-hydrogen) atoms. The fraction of sp³-hybridized carbons (Fsp3) is 0.480. The van der Waals surface area contributed by atoms with Crippen LogP contribution in [0.3, 0.4) is 0 Å². The number of carboxylic acids is 1. The number of likely N-dealkylation sites (tertiary alicyclic amines) is 1. The smallest absolute Gasteiger partial charge is 0.303 e. The Hall–Kier alpha value is -1.94. The summed E-state index contributed by atoms with van der Waals surface area (Å²) in [6.45, 7) is 2.51. The molecule has 0 bridgehead atoms. The summed E-state index contributed by atoms with van der Waals surface area (Å²) in [5.74, 6) is 0.904. The molecule has 1 saturated heterocycles. The first-order valence-electron chi connectivity index (χ1n) is 11.7. The number of piperidine rings is 1. The Morgan fingerprint density at radius 3 is 3.00 bits per heavy atom. The number of halogens is 2. The number of rotatable bonds is 11. The zero-order chi connectivity index (χ0) is 24.8.